The second kappa shape index (κ2) is 6.95. The van der Waals surface area contributed by atoms with Crippen LogP contribution in [0.25, 0.3) is 11.3 Å². The van der Waals surface area contributed by atoms with Crippen LogP contribution < -0.4 is 5.73 Å². The molecule has 114 valence electrons. The number of rotatable bonds is 1. The molecule has 1 aromatic heterocycles. The van der Waals surface area contributed by atoms with Crippen LogP contribution in [-0.2, 0) is 5.41 Å². The molecule has 21 heavy (non-hydrogen) atoms. The van der Waals surface area contributed by atoms with Crippen LogP contribution in [0.5, 0.6) is 0 Å². The Balaban J connectivity index is 0.00000106. The number of nitrogen functional groups attached to an aromatic ring is 1. The average Bonchev–Trinajstić information content (AvgIpc) is 2.45. The summed E-state index contributed by atoms with van der Waals surface area (Å²) in [6.45, 7) is 12.5. The molecule has 0 aliphatic heterocycles. The van der Waals surface area contributed by atoms with E-state index in [-0.39, 0.29) is 5.41 Å². The number of hydrogen-bond donors (Lipinski definition) is 1. The van der Waals surface area contributed by atoms with Crippen LogP contribution >= 0.6 is 11.6 Å². The van der Waals surface area contributed by atoms with Crippen molar-refractivity contribution in [2.24, 2.45) is 0 Å². The highest BCUT2D eigenvalue weighted by Gasteiger charge is 2.13. The predicted octanol–water partition coefficient (Wildman–Crippen LogP) is 5.62. The van der Waals surface area contributed by atoms with Crippen LogP contribution in [0.1, 0.15) is 45.7 Å². The highest BCUT2D eigenvalue weighted by Crippen LogP contribution is 2.29. The Morgan fingerprint density at radius 1 is 1.05 bits per heavy atom. The van der Waals surface area contributed by atoms with Gasteiger partial charge in [0.1, 0.15) is 5.82 Å². The first-order valence-electron chi connectivity index (χ1n) is 7.32. The van der Waals surface area contributed by atoms with E-state index in [2.05, 4.69) is 50.0 Å². The normalized spacial score (nSPS) is 10.8. The summed E-state index contributed by atoms with van der Waals surface area (Å²) in [4.78, 5) is 4.39. The van der Waals surface area contributed by atoms with Crippen molar-refractivity contribution in [2.45, 2.75) is 47.0 Å². The number of halogens is 1. The molecule has 3 heteroatoms. The van der Waals surface area contributed by atoms with E-state index in [9.17, 15) is 0 Å². The fourth-order valence-corrected chi connectivity index (χ4v) is 2.09. The molecule has 0 saturated carbocycles. The minimum absolute atomic E-state index is 0.149. The third kappa shape index (κ3) is 4.21. The van der Waals surface area contributed by atoms with E-state index in [4.69, 9.17) is 17.3 Å². The zero-order valence-corrected chi connectivity index (χ0v) is 14.5. The zero-order valence-electron chi connectivity index (χ0n) is 13.8. The number of pyridine rings is 1. The molecule has 1 aromatic carbocycles. The lowest BCUT2D eigenvalue weighted by Gasteiger charge is -2.19. The second-order valence-corrected chi connectivity index (χ2v) is 6.23. The Labute approximate surface area is 133 Å². The topological polar surface area (TPSA) is 38.9 Å². The van der Waals surface area contributed by atoms with E-state index in [1.54, 1.807) is 0 Å². The van der Waals surface area contributed by atoms with E-state index in [0.717, 1.165) is 16.8 Å². The molecule has 0 fully saturated rings. The summed E-state index contributed by atoms with van der Waals surface area (Å²) in [6.07, 6.45) is 0. The van der Waals surface area contributed by atoms with Gasteiger partial charge in [-0.15, -0.1) is 0 Å². The summed E-state index contributed by atoms with van der Waals surface area (Å²) in [6, 6.07) is 10.2. The lowest BCUT2D eigenvalue weighted by molar-refractivity contribution is 0.590. The summed E-state index contributed by atoms with van der Waals surface area (Å²) in [7, 11) is 0. The fourth-order valence-electron chi connectivity index (χ4n) is 1.89. The summed E-state index contributed by atoms with van der Waals surface area (Å²) in [5.41, 5.74) is 9.98. The van der Waals surface area contributed by atoms with E-state index in [1.165, 1.54) is 5.56 Å². The van der Waals surface area contributed by atoms with Gasteiger partial charge in [-0.25, -0.2) is 4.98 Å². The Kier molecular flexibility index (Phi) is 5.79. The molecule has 0 spiro atoms. The molecule has 0 saturated heterocycles. The first kappa shape index (κ1) is 17.5. The van der Waals surface area contributed by atoms with Gasteiger partial charge in [-0.2, -0.15) is 0 Å². The molecule has 0 aliphatic carbocycles. The number of nitrogens with zero attached hydrogens (tertiary/aromatic N) is 1. The van der Waals surface area contributed by atoms with Crippen molar-refractivity contribution in [1.29, 1.82) is 0 Å². The maximum Gasteiger partial charge on any atom is 0.128 e. The standard InChI is InChI=1S/C16H19ClN2.C2H6/c1-10-13(17)9-14(19-15(10)18)11-5-7-12(8-6-11)16(2,3)4;1-2/h5-9H,1-4H3,(H2,18,19);1-2H3. The third-order valence-electron chi connectivity index (χ3n) is 3.29. The zero-order chi connectivity index (χ0) is 16.2. The molecule has 0 amide bonds. The van der Waals surface area contributed by atoms with Gasteiger partial charge in [-0.3, -0.25) is 0 Å². The fraction of sp³-hybridized carbons (Fsp3) is 0.389. The van der Waals surface area contributed by atoms with Crippen molar-refractivity contribution in [2.75, 3.05) is 5.73 Å². The van der Waals surface area contributed by atoms with Crippen LogP contribution in [-0.4, -0.2) is 4.98 Å². The van der Waals surface area contributed by atoms with Crippen LogP contribution in [0.3, 0.4) is 0 Å². The summed E-state index contributed by atoms with van der Waals surface area (Å²) in [5.74, 6) is 0.488. The van der Waals surface area contributed by atoms with Crippen molar-refractivity contribution in [3.63, 3.8) is 0 Å². The van der Waals surface area contributed by atoms with Gasteiger partial charge in [-0.05, 0) is 24.0 Å². The van der Waals surface area contributed by atoms with Gasteiger partial charge in [0.05, 0.1) is 5.69 Å². The first-order valence-corrected chi connectivity index (χ1v) is 7.70. The van der Waals surface area contributed by atoms with Crippen molar-refractivity contribution in [3.05, 3.63) is 46.5 Å². The van der Waals surface area contributed by atoms with Gasteiger partial charge < -0.3 is 5.73 Å². The molecule has 0 radical (unpaired) electrons. The van der Waals surface area contributed by atoms with Crippen LogP contribution in [0.15, 0.2) is 30.3 Å². The summed E-state index contributed by atoms with van der Waals surface area (Å²) in [5, 5.41) is 0.655. The third-order valence-corrected chi connectivity index (χ3v) is 3.69. The number of anilines is 1. The molecule has 0 unspecified atom stereocenters. The van der Waals surface area contributed by atoms with Crippen molar-refractivity contribution in [3.8, 4) is 11.3 Å². The maximum absolute atomic E-state index is 6.15. The SMILES string of the molecule is CC.Cc1c(Cl)cc(-c2ccc(C(C)(C)C)cc2)nc1N. The molecule has 2 nitrogen and oxygen atoms in total. The summed E-state index contributed by atoms with van der Waals surface area (Å²) < 4.78 is 0. The number of nitrogens with two attached hydrogens (primary N) is 1. The Morgan fingerprint density at radius 2 is 1.57 bits per heavy atom. The van der Waals surface area contributed by atoms with Gasteiger partial charge in [0.2, 0.25) is 0 Å². The smallest absolute Gasteiger partial charge is 0.128 e. The predicted molar refractivity (Wildman–Crippen MR) is 93.9 cm³/mol. The molecule has 2 N–H and O–H groups in total. The average molecular weight is 305 g/mol. The Hall–Kier alpha value is -1.54. The lowest BCUT2D eigenvalue weighted by Crippen LogP contribution is -2.10. The van der Waals surface area contributed by atoms with E-state index >= 15 is 0 Å². The maximum atomic E-state index is 6.15. The van der Waals surface area contributed by atoms with Crippen molar-refractivity contribution < 1.29 is 0 Å². The number of benzene rings is 1. The number of aromatic nitrogens is 1. The molecule has 2 rings (SSSR count). The van der Waals surface area contributed by atoms with Gasteiger partial charge in [0, 0.05) is 16.1 Å². The minimum Gasteiger partial charge on any atom is -0.383 e. The molecule has 0 aliphatic rings. The molecule has 0 bridgehead atoms. The van der Waals surface area contributed by atoms with Gasteiger partial charge >= 0.3 is 0 Å². The quantitative estimate of drug-likeness (QED) is 0.743. The van der Waals surface area contributed by atoms with Crippen molar-refractivity contribution >= 4 is 17.4 Å². The Morgan fingerprint density at radius 3 is 2.00 bits per heavy atom. The minimum atomic E-state index is 0.149. The van der Waals surface area contributed by atoms with Gasteiger partial charge in [-0.1, -0.05) is 70.5 Å². The van der Waals surface area contributed by atoms with E-state index in [0.29, 0.717) is 10.8 Å². The summed E-state index contributed by atoms with van der Waals surface area (Å²) >= 11 is 6.15. The molecule has 1 heterocycles. The second-order valence-electron chi connectivity index (χ2n) is 5.83. The molecule has 2 aromatic rings. The largest absolute Gasteiger partial charge is 0.383 e. The van der Waals surface area contributed by atoms with E-state index < -0.39 is 0 Å². The number of hydrogen-bond acceptors (Lipinski definition) is 2. The highest BCUT2D eigenvalue weighted by molar-refractivity contribution is 6.31. The highest BCUT2D eigenvalue weighted by atomic mass is 35.5. The van der Waals surface area contributed by atoms with Gasteiger partial charge in [0.25, 0.3) is 0 Å². The molecular weight excluding hydrogens is 280 g/mol. The monoisotopic (exact) mass is 304 g/mol. The van der Waals surface area contributed by atoms with Crippen molar-refractivity contribution in [1.82, 2.24) is 4.98 Å². The molecular formula is C18H25ClN2. The van der Waals surface area contributed by atoms with E-state index in [1.807, 2.05) is 26.8 Å². The first-order chi connectivity index (χ1) is 9.79. The van der Waals surface area contributed by atoms with Gasteiger partial charge in [0.15, 0.2) is 0 Å². The lowest BCUT2D eigenvalue weighted by atomic mass is 9.86. The molecule has 0 atom stereocenters. The van der Waals surface area contributed by atoms with Crippen LogP contribution in [0.4, 0.5) is 5.82 Å². The van der Waals surface area contributed by atoms with Crippen LogP contribution in [0.2, 0.25) is 5.02 Å². The Bertz CT molecular complexity index is 573. The van der Waals surface area contributed by atoms with Crippen LogP contribution in [0, 0.1) is 6.92 Å².